The lowest BCUT2D eigenvalue weighted by atomic mass is 9.91. The van der Waals surface area contributed by atoms with Gasteiger partial charge in [-0.05, 0) is 58.1 Å². The van der Waals surface area contributed by atoms with Gasteiger partial charge in [0.05, 0.1) is 5.54 Å². The van der Waals surface area contributed by atoms with E-state index in [2.05, 4.69) is 37.8 Å². The highest BCUT2D eigenvalue weighted by atomic mass is 32.2. The first kappa shape index (κ1) is 17.8. The SMILES string of the molecule is CC1CCCC(SCCCC(C)(NC(C)C)C(N)=O)C1. The van der Waals surface area contributed by atoms with Crippen LogP contribution in [0, 0.1) is 5.92 Å². The molecule has 4 heteroatoms. The van der Waals surface area contributed by atoms with Crippen molar-refractivity contribution in [3.63, 3.8) is 0 Å². The van der Waals surface area contributed by atoms with Gasteiger partial charge in [-0.1, -0.05) is 19.8 Å². The fraction of sp³-hybridized carbons (Fsp3) is 0.938. The smallest absolute Gasteiger partial charge is 0.237 e. The van der Waals surface area contributed by atoms with Crippen molar-refractivity contribution in [2.24, 2.45) is 11.7 Å². The molecule has 1 amide bonds. The monoisotopic (exact) mass is 300 g/mol. The summed E-state index contributed by atoms with van der Waals surface area (Å²) < 4.78 is 0. The number of nitrogens with two attached hydrogens (primary N) is 1. The second-order valence-corrected chi connectivity index (χ2v) is 8.27. The van der Waals surface area contributed by atoms with Gasteiger partial charge in [0.2, 0.25) is 5.91 Å². The zero-order chi connectivity index (χ0) is 15.2. The van der Waals surface area contributed by atoms with Crippen molar-refractivity contribution in [2.75, 3.05) is 5.75 Å². The lowest BCUT2D eigenvalue weighted by Gasteiger charge is -2.30. The number of nitrogens with one attached hydrogen (secondary N) is 1. The minimum atomic E-state index is -0.561. The minimum Gasteiger partial charge on any atom is -0.368 e. The van der Waals surface area contributed by atoms with Crippen LogP contribution < -0.4 is 11.1 Å². The second kappa shape index (κ2) is 8.28. The van der Waals surface area contributed by atoms with Gasteiger partial charge in [0.15, 0.2) is 0 Å². The fourth-order valence-electron chi connectivity index (χ4n) is 3.11. The van der Waals surface area contributed by atoms with Crippen molar-refractivity contribution in [3.8, 4) is 0 Å². The lowest BCUT2D eigenvalue weighted by Crippen LogP contribution is -2.55. The molecule has 0 aromatic heterocycles. The molecular formula is C16H32N2OS. The topological polar surface area (TPSA) is 55.1 Å². The second-order valence-electron chi connectivity index (χ2n) is 6.86. The molecule has 0 saturated heterocycles. The van der Waals surface area contributed by atoms with Gasteiger partial charge in [0, 0.05) is 11.3 Å². The van der Waals surface area contributed by atoms with Crippen LogP contribution in [0.25, 0.3) is 0 Å². The Morgan fingerprint density at radius 1 is 1.45 bits per heavy atom. The maximum absolute atomic E-state index is 11.6. The molecule has 118 valence electrons. The lowest BCUT2D eigenvalue weighted by molar-refractivity contribution is -0.124. The van der Waals surface area contributed by atoms with Crippen LogP contribution >= 0.6 is 11.8 Å². The summed E-state index contributed by atoms with van der Waals surface area (Å²) in [5, 5.41) is 4.15. The third kappa shape index (κ3) is 6.04. The summed E-state index contributed by atoms with van der Waals surface area (Å²) >= 11 is 2.09. The van der Waals surface area contributed by atoms with Gasteiger partial charge in [-0.15, -0.1) is 0 Å². The van der Waals surface area contributed by atoms with Crippen LogP contribution in [0.2, 0.25) is 0 Å². The number of carbonyl (C=O) groups is 1. The van der Waals surface area contributed by atoms with Crippen LogP contribution in [-0.2, 0) is 4.79 Å². The molecular weight excluding hydrogens is 268 g/mol. The van der Waals surface area contributed by atoms with E-state index >= 15 is 0 Å². The Morgan fingerprint density at radius 2 is 2.15 bits per heavy atom. The summed E-state index contributed by atoms with van der Waals surface area (Å²) in [6.07, 6.45) is 7.39. The Morgan fingerprint density at radius 3 is 2.70 bits per heavy atom. The van der Waals surface area contributed by atoms with Crippen LogP contribution in [0.4, 0.5) is 0 Å². The molecule has 1 fully saturated rings. The van der Waals surface area contributed by atoms with E-state index < -0.39 is 5.54 Å². The number of rotatable bonds is 8. The quantitative estimate of drug-likeness (QED) is 0.676. The van der Waals surface area contributed by atoms with Crippen LogP contribution in [-0.4, -0.2) is 28.5 Å². The van der Waals surface area contributed by atoms with E-state index in [0.29, 0.717) is 0 Å². The maximum atomic E-state index is 11.6. The predicted octanol–water partition coefficient (Wildman–Crippen LogP) is 3.32. The van der Waals surface area contributed by atoms with Crippen LogP contribution in [0.1, 0.15) is 66.2 Å². The molecule has 0 heterocycles. The molecule has 1 aliphatic carbocycles. The Bertz CT molecular complexity index is 309. The zero-order valence-corrected chi connectivity index (χ0v) is 14.4. The van der Waals surface area contributed by atoms with Gasteiger partial charge in [0.25, 0.3) is 0 Å². The van der Waals surface area contributed by atoms with E-state index in [9.17, 15) is 4.79 Å². The predicted molar refractivity (Wildman–Crippen MR) is 89.0 cm³/mol. The maximum Gasteiger partial charge on any atom is 0.237 e. The van der Waals surface area contributed by atoms with E-state index in [1.807, 2.05) is 6.92 Å². The molecule has 3 nitrogen and oxygen atoms in total. The molecule has 0 aliphatic heterocycles. The normalized spacial score (nSPS) is 26.4. The highest BCUT2D eigenvalue weighted by Gasteiger charge is 2.30. The number of amides is 1. The highest BCUT2D eigenvalue weighted by molar-refractivity contribution is 7.99. The summed E-state index contributed by atoms with van der Waals surface area (Å²) in [6, 6.07) is 0.277. The first-order chi connectivity index (χ1) is 9.33. The molecule has 3 atom stereocenters. The molecule has 1 saturated carbocycles. The van der Waals surface area contributed by atoms with Crippen molar-refractivity contribution in [1.82, 2.24) is 5.32 Å². The van der Waals surface area contributed by atoms with Crippen LogP contribution in [0.3, 0.4) is 0 Å². The Balaban J connectivity index is 2.28. The molecule has 0 radical (unpaired) electrons. The van der Waals surface area contributed by atoms with Gasteiger partial charge in [-0.3, -0.25) is 4.79 Å². The standard InChI is InChI=1S/C16H32N2OS/c1-12(2)18-16(4,15(17)19)9-6-10-20-14-8-5-7-13(3)11-14/h12-14,18H,5-11H2,1-4H3,(H2,17,19). The largest absolute Gasteiger partial charge is 0.368 e. The van der Waals surface area contributed by atoms with Crippen molar-refractivity contribution in [1.29, 1.82) is 0 Å². The number of carbonyl (C=O) groups excluding carboxylic acids is 1. The first-order valence-electron chi connectivity index (χ1n) is 8.02. The fourth-order valence-corrected chi connectivity index (χ4v) is 4.55. The van der Waals surface area contributed by atoms with Crippen molar-refractivity contribution in [3.05, 3.63) is 0 Å². The van der Waals surface area contributed by atoms with Gasteiger partial charge in [0.1, 0.15) is 0 Å². The number of thioether (sulfide) groups is 1. The van der Waals surface area contributed by atoms with E-state index in [-0.39, 0.29) is 11.9 Å². The molecule has 0 aromatic carbocycles. The summed E-state index contributed by atoms with van der Waals surface area (Å²) in [7, 11) is 0. The third-order valence-electron chi connectivity index (χ3n) is 4.21. The van der Waals surface area contributed by atoms with E-state index in [1.54, 1.807) is 0 Å². The molecule has 0 aromatic rings. The Kier molecular flexibility index (Phi) is 7.38. The van der Waals surface area contributed by atoms with E-state index in [4.69, 9.17) is 5.73 Å². The van der Waals surface area contributed by atoms with Crippen molar-refractivity contribution < 1.29 is 4.79 Å². The van der Waals surface area contributed by atoms with Gasteiger partial charge < -0.3 is 11.1 Å². The van der Waals surface area contributed by atoms with Crippen molar-refractivity contribution in [2.45, 2.75) is 83.1 Å². The van der Waals surface area contributed by atoms with E-state index in [0.717, 1.165) is 29.8 Å². The average Bonchev–Trinajstić information content (AvgIpc) is 2.34. The molecule has 3 N–H and O–H groups in total. The van der Waals surface area contributed by atoms with Crippen LogP contribution in [0.5, 0.6) is 0 Å². The summed E-state index contributed by atoms with van der Waals surface area (Å²) in [4.78, 5) is 11.6. The van der Waals surface area contributed by atoms with Gasteiger partial charge in [-0.25, -0.2) is 0 Å². The first-order valence-corrected chi connectivity index (χ1v) is 9.07. The average molecular weight is 301 g/mol. The molecule has 20 heavy (non-hydrogen) atoms. The third-order valence-corrected chi connectivity index (χ3v) is 5.64. The molecule has 1 rings (SSSR count). The molecule has 0 spiro atoms. The summed E-state index contributed by atoms with van der Waals surface area (Å²) in [6.45, 7) is 8.41. The minimum absolute atomic E-state index is 0.234. The van der Waals surface area contributed by atoms with Crippen LogP contribution in [0.15, 0.2) is 0 Å². The summed E-state index contributed by atoms with van der Waals surface area (Å²) in [5.41, 5.74) is 4.99. The Hall–Kier alpha value is -0.220. The number of hydrogen-bond donors (Lipinski definition) is 2. The zero-order valence-electron chi connectivity index (χ0n) is 13.6. The van der Waals surface area contributed by atoms with Gasteiger partial charge in [-0.2, -0.15) is 11.8 Å². The van der Waals surface area contributed by atoms with Gasteiger partial charge >= 0.3 is 0 Å². The van der Waals surface area contributed by atoms with E-state index in [1.165, 1.54) is 25.7 Å². The highest BCUT2D eigenvalue weighted by Crippen LogP contribution is 2.32. The number of hydrogen-bond acceptors (Lipinski definition) is 3. The number of primary amides is 1. The molecule has 3 unspecified atom stereocenters. The Labute approximate surface area is 128 Å². The molecule has 1 aliphatic rings. The summed E-state index contributed by atoms with van der Waals surface area (Å²) in [5.74, 6) is 1.79. The van der Waals surface area contributed by atoms with Crippen molar-refractivity contribution >= 4 is 17.7 Å². The molecule has 0 bridgehead atoms.